The van der Waals surface area contributed by atoms with Crippen LogP contribution in [0.2, 0.25) is 0 Å². The first-order chi connectivity index (χ1) is 44.0. The lowest BCUT2D eigenvalue weighted by atomic mass is 10.0. The summed E-state index contributed by atoms with van der Waals surface area (Å²) in [6, 6.07) is 0. The van der Waals surface area contributed by atoms with Crippen LogP contribution in [0.4, 0.5) is 0 Å². The quantitative estimate of drug-likeness (QED) is 0.0222. The summed E-state index contributed by atoms with van der Waals surface area (Å²) in [6.07, 6.45) is 52.7. The van der Waals surface area contributed by atoms with Gasteiger partial charge in [-0.05, 0) is 31.6 Å². The highest BCUT2D eigenvalue weighted by Crippen LogP contribution is 2.45. The summed E-state index contributed by atoms with van der Waals surface area (Å²) < 4.78 is 68.3. The van der Waals surface area contributed by atoms with E-state index in [1.54, 1.807) is 0 Å². The van der Waals surface area contributed by atoms with E-state index in [4.69, 9.17) is 37.0 Å². The van der Waals surface area contributed by atoms with Crippen LogP contribution >= 0.6 is 15.6 Å². The van der Waals surface area contributed by atoms with E-state index in [0.717, 1.165) is 102 Å². The standard InChI is InChI=1S/C72H140O17P2/c1-6-9-12-15-18-21-23-32-36-41-46-51-56-70(75)83-62-68(89-72(77)58-53-48-43-38-34-30-28-26-25-27-29-31-35-39-44-49-54-65(4)5)64-87-91(80,81)85-60-66(73)59-84-90(78,79)86-63-67(61-82-69(74)55-50-45-40-20-17-14-11-8-3)88-71(76)57-52-47-42-37-33-24-22-19-16-13-10-7-2/h65-68,73H,6-64H2,1-5H3,(H,78,79)(H,80,81)/t66-,67+,68+/m0/s1. The molecule has 0 aromatic heterocycles. The van der Waals surface area contributed by atoms with E-state index in [1.165, 1.54) is 193 Å². The molecule has 0 aliphatic rings. The molecular weight excluding hydrogens is 1200 g/mol. The third-order valence-corrected chi connectivity index (χ3v) is 18.7. The van der Waals surface area contributed by atoms with Crippen molar-refractivity contribution in [3.63, 3.8) is 0 Å². The molecule has 5 atom stereocenters. The molecule has 0 bridgehead atoms. The van der Waals surface area contributed by atoms with Crippen LogP contribution in [-0.2, 0) is 65.4 Å². The van der Waals surface area contributed by atoms with Crippen LogP contribution in [0.25, 0.3) is 0 Å². The Kier molecular flexibility index (Phi) is 64.0. The molecule has 0 heterocycles. The monoisotopic (exact) mass is 1340 g/mol. The van der Waals surface area contributed by atoms with Gasteiger partial charge in [0, 0.05) is 25.7 Å². The van der Waals surface area contributed by atoms with Gasteiger partial charge in [-0.1, -0.05) is 324 Å². The number of phosphoric acid groups is 2. The summed E-state index contributed by atoms with van der Waals surface area (Å²) in [4.78, 5) is 72.5. The van der Waals surface area contributed by atoms with Crippen molar-refractivity contribution in [2.24, 2.45) is 5.92 Å². The van der Waals surface area contributed by atoms with Crippen molar-refractivity contribution in [1.29, 1.82) is 0 Å². The molecule has 0 aliphatic carbocycles. The Morgan fingerprint density at radius 3 is 0.747 bits per heavy atom. The number of hydrogen-bond acceptors (Lipinski definition) is 15. The van der Waals surface area contributed by atoms with Gasteiger partial charge in [0.05, 0.1) is 26.4 Å². The highest BCUT2D eigenvalue weighted by Gasteiger charge is 2.30. The summed E-state index contributed by atoms with van der Waals surface area (Å²) in [7, 11) is -9.90. The van der Waals surface area contributed by atoms with Crippen LogP contribution in [0.5, 0.6) is 0 Å². The topological polar surface area (TPSA) is 237 Å². The lowest BCUT2D eigenvalue weighted by Gasteiger charge is -2.21. The maximum atomic E-state index is 13.0. The largest absolute Gasteiger partial charge is 0.472 e. The van der Waals surface area contributed by atoms with E-state index in [-0.39, 0.29) is 25.7 Å². The second-order valence-electron chi connectivity index (χ2n) is 26.5. The summed E-state index contributed by atoms with van der Waals surface area (Å²) in [5, 5.41) is 10.6. The Morgan fingerprint density at radius 2 is 0.505 bits per heavy atom. The van der Waals surface area contributed by atoms with E-state index in [0.29, 0.717) is 25.7 Å². The van der Waals surface area contributed by atoms with Crippen molar-refractivity contribution >= 4 is 39.5 Å². The highest BCUT2D eigenvalue weighted by atomic mass is 31.2. The average molecular weight is 1340 g/mol. The van der Waals surface area contributed by atoms with E-state index in [1.807, 2.05) is 0 Å². The number of unbranched alkanes of at least 4 members (excludes halogenated alkanes) is 44. The lowest BCUT2D eigenvalue weighted by Crippen LogP contribution is -2.30. The molecule has 540 valence electrons. The molecule has 0 fully saturated rings. The third-order valence-electron chi connectivity index (χ3n) is 16.8. The van der Waals surface area contributed by atoms with Gasteiger partial charge in [-0.15, -0.1) is 0 Å². The Hall–Kier alpha value is -1.94. The number of carbonyl (C=O) groups excluding carboxylic acids is 4. The van der Waals surface area contributed by atoms with Crippen molar-refractivity contribution in [1.82, 2.24) is 0 Å². The summed E-state index contributed by atoms with van der Waals surface area (Å²) in [6.45, 7) is 7.27. The number of hydrogen-bond donors (Lipinski definition) is 3. The maximum Gasteiger partial charge on any atom is 0.472 e. The van der Waals surface area contributed by atoms with Gasteiger partial charge >= 0.3 is 39.5 Å². The molecule has 0 aromatic rings. The molecule has 3 N–H and O–H groups in total. The van der Waals surface area contributed by atoms with Gasteiger partial charge in [0.2, 0.25) is 0 Å². The Labute approximate surface area is 556 Å². The van der Waals surface area contributed by atoms with Crippen LogP contribution in [0.15, 0.2) is 0 Å². The SMILES string of the molecule is CCCCCCCCCCCCCCC(=O)OC[C@H](COP(=O)(O)OC[C@@H](O)COP(=O)(O)OC[C@@H](COC(=O)CCCCCCCCCC)OC(=O)CCCCCCCCCCCCCC)OC(=O)CCCCCCCCCCCCCCCCCCC(C)C. The molecule has 0 rings (SSSR count). The number of carbonyl (C=O) groups is 4. The molecular formula is C72H140O17P2. The normalized spacial score (nSPS) is 14.0. The van der Waals surface area contributed by atoms with Gasteiger partial charge in [-0.2, -0.15) is 0 Å². The zero-order valence-electron chi connectivity index (χ0n) is 59.0. The van der Waals surface area contributed by atoms with Crippen molar-refractivity contribution in [3.05, 3.63) is 0 Å². The van der Waals surface area contributed by atoms with E-state index < -0.39 is 97.5 Å². The Balaban J connectivity index is 5.19. The minimum absolute atomic E-state index is 0.107. The molecule has 0 saturated heterocycles. The van der Waals surface area contributed by atoms with Crippen molar-refractivity contribution in [2.75, 3.05) is 39.6 Å². The van der Waals surface area contributed by atoms with Gasteiger partial charge in [-0.3, -0.25) is 37.3 Å². The predicted octanol–water partition coefficient (Wildman–Crippen LogP) is 20.9. The zero-order chi connectivity index (χ0) is 67.0. The Bertz CT molecular complexity index is 1750. The fourth-order valence-corrected chi connectivity index (χ4v) is 12.6. The summed E-state index contributed by atoms with van der Waals surface area (Å²) in [5.41, 5.74) is 0. The number of ether oxygens (including phenoxy) is 4. The number of phosphoric ester groups is 2. The molecule has 17 nitrogen and oxygen atoms in total. The van der Waals surface area contributed by atoms with Crippen LogP contribution < -0.4 is 0 Å². The number of aliphatic hydroxyl groups is 1. The molecule has 91 heavy (non-hydrogen) atoms. The Morgan fingerprint density at radius 1 is 0.297 bits per heavy atom. The molecule has 0 aromatic carbocycles. The summed E-state index contributed by atoms with van der Waals surface area (Å²) in [5.74, 6) is -1.31. The first kappa shape index (κ1) is 89.1. The van der Waals surface area contributed by atoms with Gasteiger partial charge in [0.25, 0.3) is 0 Å². The third kappa shape index (κ3) is 66.5. The second kappa shape index (κ2) is 65.4. The van der Waals surface area contributed by atoms with Crippen LogP contribution in [0.3, 0.4) is 0 Å². The van der Waals surface area contributed by atoms with Crippen molar-refractivity contribution in [3.8, 4) is 0 Å². The van der Waals surface area contributed by atoms with E-state index >= 15 is 0 Å². The van der Waals surface area contributed by atoms with Gasteiger partial charge in [0.1, 0.15) is 19.3 Å². The van der Waals surface area contributed by atoms with Crippen molar-refractivity contribution in [2.45, 2.75) is 393 Å². The predicted molar refractivity (Wildman–Crippen MR) is 368 cm³/mol. The minimum atomic E-state index is -4.95. The first-order valence-corrected chi connectivity index (χ1v) is 40.6. The first-order valence-electron chi connectivity index (χ1n) is 37.6. The van der Waals surface area contributed by atoms with Crippen LogP contribution in [0, 0.1) is 5.92 Å². The van der Waals surface area contributed by atoms with E-state index in [9.17, 15) is 43.2 Å². The molecule has 0 spiro atoms. The van der Waals surface area contributed by atoms with Gasteiger partial charge in [-0.25, -0.2) is 9.13 Å². The number of rotatable bonds is 72. The van der Waals surface area contributed by atoms with Gasteiger partial charge < -0.3 is 33.8 Å². The van der Waals surface area contributed by atoms with Crippen molar-refractivity contribution < 1.29 is 80.2 Å². The molecule has 0 saturated carbocycles. The van der Waals surface area contributed by atoms with E-state index in [2.05, 4.69) is 34.6 Å². The molecule has 19 heteroatoms. The van der Waals surface area contributed by atoms with Crippen LogP contribution in [-0.4, -0.2) is 96.7 Å². The highest BCUT2D eigenvalue weighted by molar-refractivity contribution is 7.47. The summed E-state index contributed by atoms with van der Waals surface area (Å²) >= 11 is 0. The maximum absolute atomic E-state index is 13.0. The fourth-order valence-electron chi connectivity index (χ4n) is 11.0. The molecule has 0 aliphatic heterocycles. The average Bonchev–Trinajstić information content (AvgIpc) is 3.65. The molecule has 2 unspecified atom stereocenters. The number of esters is 4. The minimum Gasteiger partial charge on any atom is -0.462 e. The second-order valence-corrected chi connectivity index (χ2v) is 29.4. The fraction of sp³-hybridized carbons (Fsp3) is 0.944. The lowest BCUT2D eigenvalue weighted by molar-refractivity contribution is -0.161. The van der Waals surface area contributed by atoms with Gasteiger partial charge in [0.15, 0.2) is 12.2 Å². The smallest absolute Gasteiger partial charge is 0.462 e. The molecule has 0 amide bonds. The molecule has 0 radical (unpaired) electrons. The van der Waals surface area contributed by atoms with Crippen LogP contribution in [0.1, 0.15) is 375 Å². The zero-order valence-corrected chi connectivity index (χ0v) is 60.8. The number of aliphatic hydroxyl groups excluding tert-OH is 1.